The highest BCUT2D eigenvalue weighted by molar-refractivity contribution is 6.30. The summed E-state index contributed by atoms with van der Waals surface area (Å²) in [6.45, 7) is 2.83. The van der Waals surface area contributed by atoms with Gasteiger partial charge in [-0.15, -0.1) is 0 Å². The van der Waals surface area contributed by atoms with Gasteiger partial charge in [-0.1, -0.05) is 17.7 Å². The number of nitrogens with one attached hydrogen (secondary N) is 1. The first-order valence-corrected chi connectivity index (χ1v) is 5.85. The van der Waals surface area contributed by atoms with Gasteiger partial charge in [0.05, 0.1) is 12.6 Å². The second kappa shape index (κ2) is 4.89. The Morgan fingerprint density at radius 3 is 2.75 bits per heavy atom. The van der Waals surface area contributed by atoms with Crippen molar-refractivity contribution in [2.45, 2.75) is 19.4 Å². The second-order valence-electron chi connectivity index (χ2n) is 4.03. The monoisotopic (exact) mass is 237 g/mol. The quantitative estimate of drug-likeness (QED) is 0.872. The number of hydrogen-bond acceptors (Lipinski definition) is 2. The summed E-state index contributed by atoms with van der Waals surface area (Å²) in [5.41, 5.74) is 2.32. The number of likely N-dealkylation sites (N-methyl/N-ethyl adjacent to an activating group) is 1. The highest BCUT2D eigenvalue weighted by Gasteiger charge is 2.19. The van der Waals surface area contributed by atoms with Crippen LogP contribution in [0.3, 0.4) is 0 Å². The van der Waals surface area contributed by atoms with E-state index < -0.39 is 0 Å². The van der Waals surface area contributed by atoms with Gasteiger partial charge in [-0.2, -0.15) is 0 Å². The summed E-state index contributed by atoms with van der Waals surface area (Å²) in [7, 11) is 1.93. The van der Waals surface area contributed by atoms with Crippen molar-refractivity contribution in [3.8, 4) is 0 Å². The summed E-state index contributed by atoms with van der Waals surface area (Å²) in [5, 5.41) is 4.03. The zero-order valence-electron chi connectivity index (χ0n) is 9.59. The lowest BCUT2D eigenvalue weighted by atomic mass is 10.0. The Morgan fingerprint density at radius 1 is 1.38 bits per heavy atom. The third-order valence-corrected chi connectivity index (χ3v) is 2.92. The first kappa shape index (κ1) is 11.5. The van der Waals surface area contributed by atoms with Gasteiger partial charge in [0.15, 0.2) is 0 Å². The van der Waals surface area contributed by atoms with Crippen LogP contribution in [0.5, 0.6) is 0 Å². The molecule has 0 bridgehead atoms. The summed E-state index contributed by atoms with van der Waals surface area (Å²) in [5.74, 6) is 1.00. The summed E-state index contributed by atoms with van der Waals surface area (Å²) in [4.78, 5) is 0. The zero-order valence-corrected chi connectivity index (χ0v) is 10.3. The van der Waals surface area contributed by atoms with E-state index in [2.05, 4.69) is 17.5 Å². The van der Waals surface area contributed by atoms with E-state index in [0.717, 1.165) is 29.4 Å². The molecule has 0 amide bonds. The fraction of sp³-hybridized carbons (Fsp3) is 0.385. The van der Waals surface area contributed by atoms with Crippen molar-refractivity contribution in [3.63, 3.8) is 0 Å². The fourth-order valence-corrected chi connectivity index (χ4v) is 2.34. The predicted octanol–water partition coefficient (Wildman–Crippen LogP) is 3.21. The van der Waals surface area contributed by atoms with Crippen molar-refractivity contribution in [1.82, 2.24) is 5.32 Å². The molecule has 1 heterocycles. The third kappa shape index (κ3) is 2.39. The van der Waals surface area contributed by atoms with Crippen LogP contribution in [0.4, 0.5) is 0 Å². The Hall–Kier alpha value is -0.990. The van der Waals surface area contributed by atoms with Gasteiger partial charge in [0.25, 0.3) is 0 Å². The van der Waals surface area contributed by atoms with Crippen LogP contribution in [-0.4, -0.2) is 13.7 Å². The van der Waals surface area contributed by atoms with Crippen LogP contribution in [0.2, 0.25) is 5.02 Å². The summed E-state index contributed by atoms with van der Waals surface area (Å²) in [6.07, 6.45) is 3.13. The lowest BCUT2D eigenvalue weighted by Crippen LogP contribution is -2.19. The number of aryl methyl sites for hydroxylation is 1. The fourth-order valence-electron chi connectivity index (χ4n) is 2.04. The first-order valence-electron chi connectivity index (χ1n) is 5.48. The SMILES string of the molecule is CNC(C1=CCCO1)c1cc(C)cc(Cl)c1. The molecule has 1 aliphatic heterocycles. The molecule has 0 aromatic heterocycles. The summed E-state index contributed by atoms with van der Waals surface area (Å²) in [6, 6.07) is 6.19. The van der Waals surface area contributed by atoms with Crippen LogP contribution < -0.4 is 5.32 Å². The van der Waals surface area contributed by atoms with Crippen LogP contribution in [-0.2, 0) is 4.74 Å². The van der Waals surface area contributed by atoms with Gasteiger partial charge in [-0.3, -0.25) is 0 Å². The van der Waals surface area contributed by atoms with Crippen LogP contribution in [0.15, 0.2) is 30.0 Å². The Kier molecular flexibility index (Phi) is 3.52. The number of benzene rings is 1. The molecule has 1 atom stereocenters. The minimum atomic E-state index is 0.111. The topological polar surface area (TPSA) is 21.3 Å². The van der Waals surface area contributed by atoms with Crippen molar-refractivity contribution in [1.29, 1.82) is 0 Å². The summed E-state index contributed by atoms with van der Waals surface area (Å²) >= 11 is 6.07. The van der Waals surface area contributed by atoms with E-state index >= 15 is 0 Å². The van der Waals surface area contributed by atoms with Crippen molar-refractivity contribution in [3.05, 3.63) is 46.2 Å². The molecule has 0 saturated carbocycles. The molecule has 0 spiro atoms. The number of halogens is 1. The Balaban J connectivity index is 2.32. The molecule has 86 valence electrons. The third-order valence-electron chi connectivity index (χ3n) is 2.70. The minimum absolute atomic E-state index is 0.111. The van der Waals surface area contributed by atoms with Gasteiger partial charge in [0, 0.05) is 11.4 Å². The van der Waals surface area contributed by atoms with Gasteiger partial charge in [0.2, 0.25) is 0 Å². The Bertz CT molecular complexity index is 394. The van der Waals surface area contributed by atoms with E-state index in [1.807, 2.05) is 26.1 Å². The molecule has 1 aromatic carbocycles. The van der Waals surface area contributed by atoms with Crippen LogP contribution >= 0.6 is 11.6 Å². The molecule has 1 N–H and O–H groups in total. The molecule has 1 aliphatic rings. The maximum absolute atomic E-state index is 6.07. The van der Waals surface area contributed by atoms with E-state index in [1.165, 1.54) is 5.56 Å². The maximum atomic E-state index is 6.07. The molecule has 0 fully saturated rings. The molecule has 0 aliphatic carbocycles. The standard InChI is InChI=1S/C13H16ClNO/c1-9-6-10(8-11(14)7-9)13(15-2)12-4-3-5-16-12/h4,6-8,13,15H,3,5H2,1-2H3. The van der Waals surface area contributed by atoms with Gasteiger partial charge >= 0.3 is 0 Å². The molecular weight excluding hydrogens is 222 g/mol. The van der Waals surface area contributed by atoms with Crippen LogP contribution in [0.25, 0.3) is 0 Å². The highest BCUT2D eigenvalue weighted by atomic mass is 35.5. The molecule has 1 unspecified atom stereocenters. The predicted molar refractivity (Wildman–Crippen MR) is 66.6 cm³/mol. The lowest BCUT2D eigenvalue weighted by molar-refractivity contribution is 0.218. The van der Waals surface area contributed by atoms with E-state index in [4.69, 9.17) is 16.3 Å². The number of rotatable bonds is 3. The molecular formula is C13H16ClNO. The molecule has 1 aromatic rings. The van der Waals surface area contributed by atoms with Crippen molar-refractivity contribution in [2.24, 2.45) is 0 Å². The van der Waals surface area contributed by atoms with Crippen molar-refractivity contribution < 1.29 is 4.74 Å². The van der Waals surface area contributed by atoms with Crippen LogP contribution in [0, 0.1) is 6.92 Å². The van der Waals surface area contributed by atoms with E-state index in [9.17, 15) is 0 Å². The van der Waals surface area contributed by atoms with Gasteiger partial charge < -0.3 is 10.1 Å². The van der Waals surface area contributed by atoms with E-state index in [0.29, 0.717) is 0 Å². The van der Waals surface area contributed by atoms with Crippen LogP contribution in [0.1, 0.15) is 23.6 Å². The maximum Gasteiger partial charge on any atom is 0.114 e. The first-order chi connectivity index (χ1) is 7.70. The zero-order chi connectivity index (χ0) is 11.5. The average Bonchev–Trinajstić information content (AvgIpc) is 2.70. The molecule has 2 nitrogen and oxygen atoms in total. The Morgan fingerprint density at radius 2 is 2.19 bits per heavy atom. The largest absolute Gasteiger partial charge is 0.496 e. The molecule has 3 heteroatoms. The number of ether oxygens (including phenoxy) is 1. The molecule has 2 rings (SSSR count). The normalized spacial score (nSPS) is 16.8. The minimum Gasteiger partial charge on any atom is -0.496 e. The second-order valence-corrected chi connectivity index (χ2v) is 4.46. The average molecular weight is 238 g/mol. The van der Waals surface area contributed by atoms with Crippen molar-refractivity contribution >= 4 is 11.6 Å². The summed E-state index contributed by atoms with van der Waals surface area (Å²) < 4.78 is 5.60. The van der Waals surface area contributed by atoms with Gasteiger partial charge in [0.1, 0.15) is 5.76 Å². The Labute approximate surface area is 101 Å². The molecule has 0 saturated heterocycles. The lowest BCUT2D eigenvalue weighted by Gasteiger charge is -2.18. The van der Waals surface area contributed by atoms with Crippen molar-refractivity contribution in [2.75, 3.05) is 13.7 Å². The van der Waals surface area contributed by atoms with Gasteiger partial charge in [-0.25, -0.2) is 0 Å². The highest BCUT2D eigenvalue weighted by Crippen LogP contribution is 2.28. The number of hydrogen-bond donors (Lipinski definition) is 1. The molecule has 16 heavy (non-hydrogen) atoms. The van der Waals surface area contributed by atoms with E-state index in [1.54, 1.807) is 0 Å². The van der Waals surface area contributed by atoms with Gasteiger partial charge in [-0.05, 0) is 43.3 Å². The van der Waals surface area contributed by atoms with E-state index in [-0.39, 0.29) is 6.04 Å². The molecule has 0 radical (unpaired) electrons. The smallest absolute Gasteiger partial charge is 0.114 e.